The fourth-order valence-corrected chi connectivity index (χ4v) is 1.70. The van der Waals surface area contributed by atoms with Gasteiger partial charge in [-0.15, -0.1) is 0 Å². The number of rotatable bonds is 4. The van der Waals surface area contributed by atoms with E-state index in [1.807, 2.05) is 4.68 Å². The first-order valence-electron chi connectivity index (χ1n) is 4.45. The van der Waals surface area contributed by atoms with E-state index in [0.717, 1.165) is 29.0 Å². The maximum absolute atomic E-state index is 6.03. The molecule has 0 saturated heterocycles. The molecular formula is C9H14BrClN2. The number of halogens is 2. The minimum atomic E-state index is 0.597. The standard InChI is InChI=1S/C9H14BrClN2/c1-3-13-9(4-7(2)5-10)8(11)6-12-13/h6-7H,3-5H2,1-2H3. The van der Waals surface area contributed by atoms with Crippen molar-refractivity contribution in [2.24, 2.45) is 5.92 Å². The maximum atomic E-state index is 6.03. The van der Waals surface area contributed by atoms with Gasteiger partial charge in [-0.1, -0.05) is 34.5 Å². The zero-order chi connectivity index (χ0) is 9.84. The van der Waals surface area contributed by atoms with Crippen molar-refractivity contribution in [3.8, 4) is 0 Å². The van der Waals surface area contributed by atoms with Crippen molar-refractivity contribution < 1.29 is 0 Å². The molecule has 13 heavy (non-hydrogen) atoms. The van der Waals surface area contributed by atoms with Crippen LogP contribution in [-0.4, -0.2) is 15.1 Å². The van der Waals surface area contributed by atoms with Crippen LogP contribution in [0.25, 0.3) is 0 Å². The smallest absolute Gasteiger partial charge is 0.0817 e. The van der Waals surface area contributed by atoms with Gasteiger partial charge in [-0.05, 0) is 19.3 Å². The molecule has 0 aromatic carbocycles. The molecule has 0 bridgehead atoms. The van der Waals surface area contributed by atoms with Crippen LogP contribution in [0.1, 0.15) is 19.5 Å². The third-order valence-electron chi connectivity index (χ3n) is 2.00. The molecule has 0 aliphatic carbocycles. The van der Waals surface area contributed by atoms with E-state index in [0.29, 0.717) is 5.92 Å². The Morgan fingerprint density at radius 2 is 2.38 bits per heavy atom. The Kier molecular flexibility index (Phi) is 4.26. The number of hydrogen-bond donors (Lipinski definition) is 0. The van der Waals surface area contributed by atoms with Gasteiger partial charge in [0.25, 0.3) is 0 Å². The summed E-state index contributed by atoms with van der Waals surface area (Å²) in [5.41, 5.74) is 1.15. The molecule has 2 nitrogen and oxygen atoms in total. The molecule has 0 fully saturated rings. The fourth-order valence-electron chi connectivity index (χ4n) is 1.25. The molecule has 1 aromatic heterocycles. The SMILES string of the molecule is CCn1ncc(Cl)c1CC(C)CBr. The van der Waals surface area contributed by atoms with Gasteiger partial charge in [0.05, 0.1) is 16.9 Å². The minimum absolute atomic E-state index is 0.597. The molecular weight excluding hydrogens is 251 g/mol. The lowest BCUT2D eigenvalue weighted by molar-refractivity contribution is 0.569. The highest BCUT2D eigenvalue weighted by Crippen LogP contribution is 2.19. The molecule has 0 spiro atoms. The molecule has 74 valence electrons. The monoisotopic (exact) mass is 264 g/mol. The summed E-state index contributed by atoms with van der Waals surface area (Å²) in [5, 5.41) is 5.98. The number of aryl methyl sites for hydroxylation is 1. The summed E-state index contributed by atoms with van der Waals surface area (Å²) in [7, 11) is 0. The normalized spacial score (nSPS) is 13.2. The predicted molar refractivity (Wildman–Crippen MR) is 59.6 cm³/mol. The predicted octanol–water partition coefficient (Wildman–Crippen LogP) is 3.13. The minimum Gasteiger partial charge on any atom is -0.268 e. The first kappa shape index (κ1) is 11.1. The van der Waals surface area contributed by atoms with Crippen LogP contribution in [0.15, 0.2) is 6.20 Å². The lowest BCUT2D eigenvalue weighted by Crippen LogP contribution is -2.08. The maximum Gasteiger partial charge on any atom is 0.0817 e. The molecule has 0 aliphatic rings. The van der Waals surface area contributed by atoms with E-state index < -0.39 is 0 Å². The summed E-state index contributed by atoms with van der Waals surface area (Å²) in [6.45, 7) is 5.15. The molecule has 0 saturated carbocycles. The van der Waals surface area contributed by atoms with Gasteiger partial charge in [0.1, 0.15) is 0 Å². The van der Waals surface area contributed by atoms with Gasteiger partial charge in [0, 0.05) is 11.9 Å². The van der Waals surface area contributed by atoms with Gasteiger partial charge >= 0.3 is 0 Å². The lowest BCUT2D eigenvalue weighted by Gasteiger charge is -2.09. The molecule has 1 aromatic rings. The molecule has 4 heteroatoms. The molecule has 1 heterocycles. The Hall–Kier alpha value is -0.0200. The second-order valence-corrected chi connectivity index (χ2v) is 4.27. The molecule has 1 atom stereocenters. The van der Waals surface area contributed by atoms with Crippen LogP contribution in [0.4, 0.5) is 0 Å². The quantitative estimate of drug-likeness (QED) is 0.765. The summed E-state index contributed by atoms with van der Waals surface area (Å²) in [6.07, 6.45) is 2.71. The summed E-state index contributed by atoms with van der Waals surface area (Å²) >= 11 is 9.48. The molecule has 0 amide bonds. The van der Waals surface area contributed by atoms with Crippen LogP contribution in [-0.2, 0) is 13.0 Å². The number of nitrogens with zero attached hydrogens (tertiary/aromatic N) is 2. The van der Waals surface area contributed by atoms with Crippen LogP contribution >= 0.6 is 27.5 Å². The van der Waals surface area contributed by atoms with Gasteiger partial charge in [-0.2, -0.15) is 5.10 Å². The summed E-state index contributed by atoms with van der Waals surface area (Å²) in [6, 6.07) is 0. The highest BCUT2D eigenvalue weighted by Gasteiger charge is 2.10. The Morgan fingerprint density at radius 1 is 1.69 bits per heavy atom. The number of aromatic nitrogens is 2. The Balaban J connectivity index is 2.79. The Labute approximate surface area is 92.4 Å². The van der Waals surface area contributed by atoms with Crippen molar-refractivity contribution in [3.63, 3.8) is 0 Å². The largest absolute Gasteiger partial charge is 0.268 e. The lowest BCUT2D eigenvalue weighted by atomic mass is 10.1. The second kappa shape index (κ2) is 5.01. The highest BCUT2D eigenvalue weighted by molar-refractivity contribution is 9.09. The van der Waals surface area contributed by atoms with Crippen molar-refractivity contribution in [2.45, 2.75) is 26.8 Å². The van der Waals surface area contributed by atoms with Gasteiger partial charge < -0.3 is 0 Å². The molecule has 1 unspecified atom stereocenters. The van der Waals surface area contributed by atoms with Gasteiger partial charge in [-0.25, -0.2) is 0 Å². The van der Waals surface area contributed by atoms with E-state index in [1.165, 1.54) is 0 Å². The first-order chi connectivity index (χ1) is 6.19. The van der Waals surface area contributed by atoms with Crippen molar-refractivity contribution in [2.75, 3.05) is 5.33 Å². The van der Waals surface area contributed by atoms with Crippen molar-refractivity contribution in [1.29, 1.82) is 0 Å². The van der Waals surface area contributed by atoms with E-state index in [2.05, 4.69) is 34.9 Å². The van der Waals surface area contributed by atoms with E-state index >= 15 is 0 Å². The van der Waals surface area contributed by atoms with Crippen molar-refractivity contribution in [3.05, 3.63) is 16.9 Å². The second-order valence-electron chi connectivity index (χ2n) is 3.22. The molecule has 0 radical (unpaired) electrons. The zero-order valence-electron chi connectivity index (χ0n) is 7.93. The number of alkyl halides is 1. The van der Waals surface area contributed by atoms with E-state index in [-0.39, 0.29) is 0 Å². The average Bonchev–Trinajstić information content (AvgIpc) is 2.48. The summed E-state index contributed by atoms with van der Waals surface area (Å²) < 4.78 is 1.96. The van der Waals surface area contributed by atoms with Gasteiger partial charge in [0.15, 0.2) is 0 Å². The summed E-state index contributed by atoms with van der Waals surface area (Å²) in [4.78, 5) is 0. The fraction of sp³-hybridized carbons (Fsp3) is 0.667. The Morgan fingerprint density at radius 3 is 2.92 bits per heavy atom. The Bertz CT molecular complexity index is 273. The topological polar surface area (TPSA) is 17.8 Å². The average molecular weight is 266 g/mol. The third-order valence-corrected chi connectivity index (χ3v) is 3.42. The van der Waals surface area contributed by atoms with Crippen LogP contribution in [0, 0.1) is 5.92 Å². The van der Waals surface area contributed by atoms with Crippen LogP contribution in [0.5, 0.6) is 0 Å². The number of hydrogen-bond acceptors (Lipinski definition) is 1. The zero-order valence-corrected chi connectivity index (χ0v) is 10.3. The van der Waals surface area contributed by atoms with Crippen LogP contribution in [0.2, 0.25) is 5.02 Å². The molecule has 0 N–H and O–H groups in total. The van der Waals surface area contributed by atoms with E-state index in [1.54, 1.807) is 6.20 Å². The van der Waals surface area contributed by atoms with E-state index in [4.69, 9.17) is 11.6 Å². The van der Waals surface area contributed by atoms with Crippen molar-refractivity contribution in [1.82, 2.24) is 9.78 Å². The van der Waals surface area contributed by atoms with Gasteiger partial charge in [-0.3, -0.25) is 4.68 Å². The molecule has 1 rings (SSSR count). The van der Waals surface area contributed by atoms with Crippen molar-refractivity contribution >= 4 is 27.5 Å². The van der Waals surface area contributed by atoms with Crippen LogP contribution < -0.4 is 0 Å². The van der Waals surface area contributed by atoms with E-state index in [9.17, 15) is 0 Å². The van der Waals surface area contributed by atoms with Gasteiger partial charge in [0.2, 0.25) is 0 Å². The third kappa shape index (κ3) is 2.71. The molecule has 0 aliphatic heterocycles. The highest BCUT2D eigenvalue weighted by atomic mass is 79.9. The first-order valence-corrected chi connectivity index (χ1v) is 5.95. The summed E-state index contributed by atoms with van der Waals surface area (Å²) in [5.74, 6) is 0.597. The van der Waals surface area contributed by atoms with Crippen LogP contribution in [0.3, 0.4) is 0 Å².